The fourth-order valence-electron chi connectivity index (χ4n) is 2.17. The number of nitrogens with one attached hydrogen (secondary N) is 1. The average Bonchev–Trinajstić information content (AvgIpc) is 2.72. The van der Waals surface area contributed by atoms with Crippen molar-refractivity contribution in [3.63, 3.8) is 0 Å². The van der Waals surface area contributed by atoms with Gasteiger partial charge in [-0.3, -0.25) is 4.90 Å². The number of aromatic nitrogens is 2. The Labute approximate surface area is 103 Å². The van der Waals surface area contributed by atoms with Crippen molar-refractivity contribution in [1.29, 1.82) is 0 Å². The summed E-state index contributed by atoms with van der Waals surface area (Å²) in [4.78, 5) is 6.81. The van der Waals surface area contributed by atoms with Crippen LogP contribution in [0.4, 0.5) is 0 Å². The van der Waals surface area contributed by atoms with E-state index in [1.807, 2.05) is 0 Å². The van der Waals surface area contributed by atoms with Gasteiger partial charge in [-0.25, -0.2) is 0 Å². The predicted molar refractivity (Wildman–Crippen MR) is 65.6 cm³/mol. The van der Waals surface area contributed by atoms with Crippen LogP contribution < -0.4 is 5.32 Å². The second-order valence-electron chi connectivity index (χ2n) is 4.94. The van der Waals surface area contributed by atoms with Crippen molar-refractivity contribution < 1.29 is 4.52 Å². The number of nitrogens with zero attached hydrogens (tertiary/aromatic N) is 3. The molecule has 2 atom stereocenters. The number of rotatable bonds is 4. The molecule has 2 rings (SSSR count). The van der Waals surface area contributed by atoms with Gasteiger partial charge in [-0.1, -0.05) is 12.1 Å². The van der Waals surface area contributed by atoms with Gasteiger partial charge in [-0.05, 0) is 20.3 Å². The molecule has 0 radical (unpaired) electrons. The van der Waals surface area contributed by atoms with Crippen LogP contribution in [0.25, 0.3) is 0 Å². The molecule has 1 aromatic heterocycles. The van der Waals surface area contributed by atoms with Crippen LogP contribution in [0.3, 0.4) is 0 Å². The molecular formula is C12H22N4O. The van der Waals surface area contributed by atoms with Gasteiger partial charge in [0.15, 0.2) is 5.82 Å². The maximum absolute atomic E-state index is 5.28. The van der Waals surface area contributed by atoms with Gasteiger partial charge in [0.1, 0.15) is 0 Å². The first-order valence-electron chi connectivity index (χ1n) is 6.48. The van der Waals surface area contributed by atoms with Crippen LogP contribution in [-0.2, 0) is 13.0 Å². The largest absolute Gasteiger partial charge is 0.338 e. The van der Waals surface area contributed by atoms with Gasteiger partial charge in [-0.2, -0.15) is 4.98 Å². The highest BCUT2D eigenvalue weighted by Crippen LogP contribution is 2.11. The highest BCUT2D eigenvalue weighted by molar-refractivity contribution is 4.89. The van der Waals surface area contributed by atoms with E-state index >= 15 is 0 Å². The van der Waals surface area contributed by atoms with Gasteiger partial charge in [0.2, 0.25) is 5.89 Å². The Morgan fingerprint density at radius 2 is 2.29 bits per heavy atom. The van der Waals surface area contributed by atoms with Crippen molar-refractivity contribution in [3.8, 4) is 0 Å². The first kappa shape index (κ1) is 12.5. The Hall–Kier alpha value is -0.940. The molecule has 1 aliphatic heterocycles. The molecule has 1 N–H and O–H groups in total. The van der Waals surface area contributed by atoms with Crippen LogP contribution in [0.1, 0.15) is 38.9 Å². The minimum atomic E-state index is 0.521. The quantitative estimate of drug-likeness (QED) is 0.854. The molecule has 0 spiro atoms. The minimum Gasteiger partial charge on any atom is -0.338 e. The summed E-state index contributed by atoms with van der Waals surface area (Å²) in [5.74, 6) is 1.58. The van der Waals surface area contributed by atoms with Crippen molar-refractivity contribution in [2.45, 2.75) is 52.2 Å². The lowest BCUT2D eigenvalue weighted by Crippen LogP contribution is -2.53. The summed E-state index contributed by atoms with van der Waals surface area (Å²) in [5, 5.41) is 7.45. The van der Waals surface area contributed by atoms with Gasteiger partial charge in [0.25, 0.3) is 0 Å². The standard InChI is InChI=1S/C12H22N4O/c1-4-5-11-14-12(17-15-11)8-16-7-9(2)13-6-10(16)3/h9-10,13H,4-8H2,1-3H3. The monoisotopic (exact) mass is 238 g/mol. The third-order valence-electron chi connectivity index (χ3n) is 3.22. The smallest absolute Gasteiger partial charge is 0.240 e. The summed E-state index contributed by atoms with van der Waals surface area (Å²) in [6.07, 6.45) is 1.96. The molecule has 5 nitrogen and oxygen atoms in total. The zero-order chi connectivity index (χ0) is 12.3. The van der Waals surface area contributed by atoms with Crippen molar-refractivity contribution in [2.24, 2.45) is 0 Å². The van der Waals surface area contributed by atoms with Crippen LogP contribution >= 0.6 is 0 Å². The fourth-order valence-corrected chi connectivity index (χ4v) is 2.17. The zero-order valence-corrected chi connectivity index (χ0v) is 10.9. The van der Waals surface area contributed by atoms with Crippen molar-refractivity contribution in [2.75, 3.05) is 13.1 Å². The van der Waals surface area contributed by atoms with E-state index in [9.17, 15) is 0 Å². The SMILES string of the molecule is CCCc1noc(CN2CC(C)NCC2C)n1. The second-order valence-corrected chi connectivity index (χ2v) is 4.94. The third kappa shape index (κ3) is 3.26. The van der Waals surface area contributed by atoms with E-state index in [0.29, 0.717) is 12.1 Å². The molecule has 2 unspecified atom stereocenters. The van der Waals surface area contributed by atoms with Crippen LogP contribution in [0.2, 0.25) is 0 Å². The summed E-state index contributed by atoms with van der Waals surface area (Å²) in [7, 11) is 0. The maximum atomic E-state index is 5.28. The highest BCUT2D eigenvalue weighted by Gasteiger charge is 2.23. The zero-order valence-electron chi connectivity index (χ0n) is 10.9. The van der Waals surface area contributed by atoms with Gasteiger partial charge < -0.3 is 9.84 Å². The Bertz CT molecular complexity index is 352. The summed E-state index contributed by atoms with van der Waals surface area (Å²) in [6, 6.07) is 1.05. The summed E-state index contributed by atoms with van der Waals surface area (Å²) < 4.78 is 5.28. The minimum absolute atomic E-state index is 0.521. The van der Waals surface area contributed by atoms with E-state index in [4.69, 9.17) is 4.52 Å². The number of hydrogen-bond acceptors (Lipinski definition) is 5. The lowest BCUT2D eigenvalue weighted by molar-refractivity contribution is 0.123. The van der Waals surface area contributed by atoms with Crippen LogP contribution in [0.15, 0.2) is 4.52 Å². The van der Waals surface area contributed by atoms with E-state index in [2.05, 4.69) is 41.1 Å². The number of hydrogen-bond donors (Lipinski definition) is 1. The molecule has 0 aliphatic carbocycles. The van der Waals surface area contributed by atoms with Crippen LogP contribution in [0, 0.1) is 0 Å². The summed E-state index contributed by atoms with van der Waals surface area (Å²) >= 11 is 0. The third-order valence-corrected chi connectivity index (χ3v) is 3.22. The molecule has 96 valence electrons. The molecule has 1 aliphatic rings. The van der Waals surface area contributed by atoms with E-state index in [-0.39, 0.29) is 0 Å². The van der Waals surface area contributed by atoms with E-state index < -0.39 is 0 Å². The van der Waals surface area contributed by atoms with Crippen LogP contribution in [-0.4, -0.2) is 40.2 Å². The molecule has 1 aromatic rings. The Kier molecular flexibility index (Phi) is 4.12. The lowest BCUT2D eigenvalue weighted by atomic mass is 10.1. The van der Waals surface area contributed by atoms with Crippen molar-refractivity contribution in [1.82, 2.24) is 20.4 Å². The molecule has 0 aromatic carbocycles. The molecule has 5 heteroatoms. The topological polar surface area (TPSA) is 54.2 Å². The van der Waals surface area contributed by atoms with Crippen molar-refractivity contribution >= 4 is 0 Å². The molecule has 2 heterocycles. The lowest BCUT2D eigenvalue weighted by Gasteiger charge is -2.36. The molecule has 0 saturated carbocycles. The first-order valence-corrected chi connectivity index (χ1v) is 6.48. The average molecular weight is 238 g/mol. The van der Waals surface area contributed by atoms with E-state index in [0.717, 1.165) is 44.2 Å². The maximum Gasteiger partial charge on any atom is 0.240 e. The first-order chi connectivity index (χ1) is 8.19. The highest BCUT2D eigenvalue weighted by atomic mass is 16.5. The summed E-state index contributed by atoms with van der Waals surface area (Å²) in [6.45, 7) is 9.38. The molecular weight excluding hydrogens is 216 g/mol. The normalized spacial score (nSPS) is 26.3. The van der Waals surface area contributed by atoms with Crippen molar-refractivity contribution in [3.05, 3.63) is 11.7 Å². The van der Waals surface area contributed by atoms with Gasteiger partial charge >= 0.3 is 0 Å². The molecule has 0 bridgehead atoms. The number of aryl methyl sites for hydroxylation is 1. The molecule has 1 saturated heterocycles. The van der Waals surface area contributed by atoms with E-state index in [1.165, 1.54) is 0 Å². The van der Waals surface area contributed by atoms with Crippen LogP contribution in [0.5, 0.6) is 0 Å². The second kappa shape index (κ2) is 5.60. The number of piperazine rings is 1. The Balaban J connectivity index is 1.94. The molecule has 1 fully saturated rings. The Morgan fingerprint density at radius 1 is 1.47 bits per heavy atom. The predicted octanol–water partition coefficient (Wildman–Crippen LogP) is 1.20. The fraction of sp³-hybridized carbons (Fsp3) is 0.833. The van der Waals surface area contributed by atoms with Gasteiger partial charge in [0, 0.05) is 31.6 Å². The van der Waals surface area contributed by atoms with E-state index in [1.54, 1.807) is 0 Å². The van der Waals surface area contributed by atoms with Gasteiger partial charge in [-0.15, -0.1) is 0 Å². The van der Waals surface area contributed by atoms with Gasteiger partial charge in [0.05, 0.1) is 6.54 Å². The Morgan fingerprint density at radius 3 is 3.06 bits per heavy atom. The molecule has 17 heavy (non-hydrogen) atoms. The summed E-state index contributed by atoms with van der Waals surface area (Å²) in [5.41, 5.74) is 0. The molecule has 0 amide bonds.